The first kappa shape index (κ1) is 43.6. The molecule has 1 aliphatic rings. The Hall–Kier alpha value is -5.45. The van der Waals surface area contributed by atoms with E-state index < -0.39 is 32.6 Å². The Morgan fingerprint density at radius 2 is 1.48 bits per heavy atom. The van der Waals surface area contributed by atoms with Gasteiger partial charge in [0.15, 0.2) is 17.0 Å². The molecule has 4 atom stereocenters. The number of methoxy groups -OCH3 is 2. The van der Waals surface area contributed by atoms with Crippen molar-refractivity contribution in [2.45, 2.75) is 83.6 Å². The summed E-state index contributed by atoms with van der Waals surface area (Å²) < 4.78 is 43.3. The van der Waals surface area contributed by atoms with Crippen LogP contribution in [0.1, 0.15) is 69.0 Å². The van der Waals surface area contributed by atoms with E-state index in [0.29, 0.717) is 23.4 Å². The molecule has 61 heavy (non-hydrogen) atoms. The third-order valence-electron chi connectivity index (χ3n) is 10.7. The fourth-order valence-corrected chi connectivity index (χ4v) is 9.51. The van der Waals surface area contributed by atoms with Gasteiger partial charge in [-0.1, -0.05) is 72.3 Å². The second kappa shape index (κ2) is 19.9. The van der Waals surface area contributed by atoms with E-state index in [1.54, 1.807) is 20.5 Å². The molecule has 1 N–H and O–H groups in total. The summed E-state index contributed by atoms with van der Waals surface area (Å²) in [5.74, 6) is 2.05. The topological polar surface area (TPSA) is 138 Å². The first-order chi connectivity index (χ1) is 29.6. The number of imidazole rings is 1. The van der Waals surface area contributed by atoms with Gasteiger partial charge in [-0.25, -0.2) is 19.6 Å². The van der Waals surface area contributed by atoms with E-state index in [2.05, 4.69) is 72.8 Å². The van der Waals surface area contributed by atoms with Crippen molar-refractivity contribution in [3.05, 3.63) is 138 Å². The second-order valence-electron chi connectivity index (χ2n) is 15.4. The fourth-order valence-electron chi connectivity index (χ4n) is 7.75. The molecular formula is C47H54N7O6P. The number of hydrogen-bond acceptors (Lipinski definition) is 12. The van der Waals surface area contributed by atoms with Gasteiger partial charge >= 0.3 is 0 Å². The number of rotatable bonds is 19. The summed E-state index contributed by atoms with van der Waals surface area (Å²) in [5.41, 5.74) is 4.91. The number of nitrogens with one attached hydrogen (secondary N) is 1. The Bertz CT molecular complexity index is 2300. The highest BCUT2D eigenvalue weighted by Gasteiger charge is 2.45. The lowest BCUT2D eigenvalue weighted by molar-refractivity contribution is -0.0912. The van der Waals surface area contributed by atoms with Crippen molar-refractivity contribution in [3.63, 3.8) is 0 Å². The lowest BCUT2D eigenvalue weighted by Gasteiger charge is -2.39. The van der Waals surface area contributed by atoms with Crippen LogP contribution in [0.5, 0.6) is 11.5 Å². The van der Waals surface area contributed by atoms with Crippen LogP contribution in [0.25, 0.3) is 11.2 Å². The molecule has 13 nitrogen and oxygen atoms in total. The third kappa shape index (κ3) is 9.71. The van der Waals surface area contributed by atoms with Crippen molar-refractivity contribution in [2.75, 3.05) is 32.8 Å². The minimum absolute atomic E-state index is 0.102. The summed E-state index contributed by atoms with van der Waals surface area (Å²) in [7, 11) is 1.69. The highest BCUT2D eigenvalue weighted by Crippen LogP contribution is 2.51. The van der Waals surface area contributed by atoms with E-state index in [0.717, 1.165) is 39.4 Å². The molecule has 3 heterocycles. The van der Waals surface area contributed by atoms with Gasteiger partial charge in [-0.3, -0.25) is 4.57 Å². The molecule has 14 heteroatoms. The van der Waals surface area contributed by atoms with Gasteiger partial charge in [0.1, 0.15) is 35.8 Å². The fraction of sp³-hybridized carbons (Fsp3) is 0.362. The van der Waals surface area contributed by atoms with Crippen molar-refractivity contribution in [1.82, 2.24) is 24.2 Å². The number of benzene rings is 4. The number of fused-ring (bicyclic) bond motifs is 1. The molecule has 0 radical (unpaired) electrons. The Morgan fingerprint density at radius 1 is 0.852 bits per heavy atom. The summed E-state index contributed by atoms with van der Waals surface area (Å²) in [6, 6.07) is 36.6. The molecule has 0 amide bonds. The van der Waals surface area contributed by atoms with Crippen molar-refractivity contribution in [1.29, 1.82) is 5.26 Å². The minimum Gasteiger partial charge on any atom is -0.497 e. The van der Waals surface area contributed by atoms with Gasteiger partial charge < -0.3 is 33.3 Å². The molecule has 318 valence electrons. The maximum atomic E-state index is 9.44. The molecule has 1 saturated heterocycles. The van der Waals surface area contributed by atoms with Gasteiger partial charge in [0.05, 0.1) is 52.4 Å². The van der Waals surface area contributed by atoms with Crippen LogP contribution in [0.15, 0.2) is 116 Å². The van der Waals surface area contributed by atoms with Gasteiger partial charge in [0.2, 0.25) is 0 Å². The van der Waals surface area contributed by atoms with Crippen LogP contribution in [0.2, 0.25) is 0 Å². The summed E-state index contributed by atoms with van der Waals surface area (Å²) in [6.07, 6.45) is 2.35. The SMILES string of the molecule is COc1ccc(C(OC[C@H]2O[C@@H](n3cnc4c(Nc5ccc(C)cc5)ncnc43)C[C@@H]2OP(OCCC#N)N(C(C)C)C(C)C)(c2ccccc2)c2ccc(OC)cc2)cc1. The zero-order chi connectivity index (χ0) is 42.9. The molecule has 0 bridgehead atoms. The van der Waals surface area contributed by atoms with Crippen LogP contribution in [0.4, 0.5) is 11.5 Å². The number of ether oxygens (including phenoxy) is 4. The smallest absolute Gasteiger partial charge is 0.259 e. The van der Waals surface area contributed by atoms with E-state index in [9.17, 15) is 5.26 Å². The first-order valence-corrected chi connectivity index (χ1v) is 21.7. The summed E-state index contributed by atoms with van der Waals surface area (Å²) in [4.78, 5) is 14.0. The monoisotopic (exact) mass is 843 g/mol. The van der Waals surface area contributed by atoms with Crippen molar-refractivity contribution in [3.8, 4) is 17.6 Å². The number of aryl methyl sites for hydroxylation is 1. The standard InChI is InChI=1S/C47H54N7O6P/c1-32(2)54(33(3)4)61(58-27-11-26-48)60-41-28-43(53-31-51-44-45(49-30-50-46(44)53)52-38-20-14-34(5)15-21-38)59-42(41)29-57-47(35-12-9-8-10-13-35,36-16-22-39(55-6)23-17-36)37-18-24-40(56-7)25-19-37/h8-10,12-25,30-33,41-43H,11,27-29H2,1-7H3,(H,49,50,52)/t41-,42+,43+,61?/m0/s1. The van der Waals surface area contributed by atoms with Gasteiger partial charge in [-0.15, -0.1) is 0 Å². The highest BCUT2D eigenvalue weighted by atomic mass is 31.2. The minimum atomic E-state index is -1.62. The normalized spacial score (nSPS) is 17.2. The predicted octanol–water partition coefficient (Wildman–Crippen LogP) is 9.85. The largest absolute Gasteiger partial charge is 0.497 e. The van der Waals surface area contributed by atoms with E-state index >= 15 is 0 Å². The van der Waals surface area contributed by atoms with Crippen LogP contribution < -0.4 is 14.8 Å². The summed E-state index contributed by atoms with van der Waals surface area (Å²) in [5, 5.41) is 12.8. The van der Waals surface area contributed by atoms with E-state index in [4.69, 9.17) is 33.0 Å². The molecule has 1 fully saturated rings. The predicted molar refractivity (Wildman–Crippen MR) is 237 cm³/mol. The molecule has 2 aromatic heterocycles. The lowest BCUT2D eigenvalue weighted by Crippen LogP contribution is -2.39. The van der Waals surface area contributed by atoms with E-state index in [-0.39, 0.29) is 31.7 Å². The summed E-state index contributed by atoms with van der Waals surface area (Å²) in [6.45, 7) is 10.9. The Balaban J connectivity index is 1.29. The number of nitrogens with zero attached hydrogens (tertiary/aromatic N) is 6. The molecule has 7 rings (SSSR count). The number of anilines is 2. The number of nitriles is 1. The molecule has 6 aromatic rings. The molecule has 1 unspecified atom stereocenters. The lowest BCUT2D eigenvalue weighted by atomic mass is 9.80. The van der Waals surface area contributed by atoms with Gasteiger partial charge in [0, 0.05) is 24.2 Å². The first-order valence-electron chi connectivity index (χ1n) is 20.5. The van der Waals surface area contributed by atoms with Crippen LogP contribution in [0.3, 0.4) is 0 Å². The maximum absolute atomic E-state index is 9.44. The molecule has 0 aliphatic carbocycles. The molecule has 1 aliphatic heterocycles. The van der Waals surface area contributed by atoms with Crippen molar-refractivity contribution < 1.29 is 28.0 Å². The van der Waals surface area contributed by atoms with Crippen LogP contribution >= 0.6 is 8.53 Å². The Morgan fingerprint density at radius 3 is 2.07 bits per heavy atom. The van der Waals surface area contributed by atoms with Crippen LogP contribution in [0, 0.1) is 18.3 Å². The van der Waals surface area contributed by atoms with Crippen LogP contribution in [-0.2, 0) is 24.1 Å². The zero-order valence-electron chi connectivity index (χ0n) is 35.8. The van der Waals surface area contributed by atoms with Gasteiger partial charge in [0.25, 0.3) is 8.53 Å². The van der Waals surface area contributed by atoms with Gasteiger partial charge in [-0.2, -0.15) is 5.26 Å². The average Bonchev–Trinajstić information content (AvgIpc) is 3.90. The Labute approximate surface area is 359 Å². The maximum Gasteiger partial charge on any atom is 0.259 e. The molecular weight excluding hydrogens is 790 g/mol. The van der Waals surface area contributed by atoms with Crippen LogP contribution in [-0.4, -0.2) is 75.9 Å². The summed E-state index contributed by atoms with van der Waals surface area (Å²) >= 11 is 0. The number of aromatic nitrogens is 4. The number of hydrogen-bond donors (Lipinski definition) is 1. The molecule has 0 spiro atoms. The Kier molecular flexibility index (Phi) is 14.3. The van der Waals surface area contributed by atoms with Gasteiger partial charge in [-0.05, 0) is 87.7 Å². The zero-order valence-corrected chi connectivity index (χ0v) is 36.7. The average molecular weight is 844 g/mol. The van der Waals surface area contributed by atoms with Crippen molar-refractivity contribution in [2.24, 2.45) is 0 Å². The third-order valence-corrected chi connectivity index (χ3v) is 12.8. The second-order valence-corrected chi connectivity index (χ2v) is 16.8. The van der Waals surface area contributed by atoms with Crippen molar-refractivity contribution >= 4 is 31.2 Å². The van der Waals surface area contributed by atoms with E-state index in [1.807, 2.05) is 95.6 Å². The molecule has 0 saturated carbocycles. The van der Waals surface area contributed by atoms with E-state index in [1.165, 1.54) is 6.33 Å². The molecule has 4 aromatic carbocycles. The quantitative estimate of drug-likeness (QED) is 0.0472. The highest BCUT2D eigenvalue weighted by molar-refractivity contribution is 7.44.